The number of nitrogens with zero attached hydrogens (tertiary/aromatic N) is 1. The topological polar surface area (TPSA) is 86.7 Å². The third-order valence-corrected chi connectivity index (χ3v) is 4.99. The van der Waals surface area contributed by atoms with Gasteiger partial charge in [0.1, 0.15) is 6.04 Å². The van der Waals surface area contributed by atoms with Crippen molar-refractivity contribution in [1.82, 2.24) is 10.2 Å². The first-order valence-corrected chi connectivity index (χ1v) is 8.85. The van der Waals surface area contributed by atoms with E-state index in [1.807, 2.05) is 11.4 Å². The molecular formula is C17H22N2O4S. The number of carbonyl (C=O) groups excluding carboxylic acids is 2. The Morgan fingerprint density at radius 2 is 2.21 bits per heavy atom. The highest BCUT2D eigenvalue weighted by Gasteiger charge is 2.23. The summed E-state index contributed by atoms with van der Waals surface area (Å²) in [6.07, 6.45) is 4.62. The minimum Gasteiger partial charge on any atom is -0.480 e. The molecule has 2 amide bonds. The Kier molecular flexibility index (Phi) is 6.54. The molecule has 7 heteroatoms. The number of thiophene rings is 1. The van der Waals surface area contributed by atoms with E-state index >= 15 is 0 Å². The Hall–Kier alpha value is -2.15. The largest absolute Gasteiger partial charge is 0.480 e. The van der Waals surface area contributed by atoms with Gasteiger partial charge in [0.15, 0.2) is 0 Å². The van der Waals surface area contributed by atoms with Crippen LogP contribution in [0.15, 0.2) is 23.6 Å². The normalized spacial score (nSPS) is 15.1. The molecule has 0 aliphatic carbocycles. The van der Waals surface area contributed by atoms with Crippen LogP contribution in [0.2, 0.25) is 0 Å². The summed E-state index contributed by atoms with van der Waals surface area (Å²) < 4.78 is 0. The molecule has 1 aromatic heterocycles. The number of carboxylic acids is 1. The van der Waals surface area contributed by atoms with E-state index in [1.54, 1.807) is 35.3 Å². The quantitative estimate of drug-likeness (QED) is 0.736. The average molecular weight is 350 g/mol. The van der Waals surface area contributed by atoms with E-state index in [1.165, 1.54) is 10.4 Å². The molecule has 1 atom stereocenters. The lowest BCUT2D eigenvalue weighted by Gasteiger charge is -2.27. The summed E-state index contributed by atoms with van der Waals surface area (Å²) in [6, 6.07) is 1.08. The first-order valence-electron chi connectivity index (χ1n) is 7.97. The van der Waals surface area contributed by atoms with Gasteiger partial charge in [0.25, 0.3) is 0 Å². The Morgan fingerprint density at radius 1 is 1.42 bits per heavy atom. The number of rotatable bonds is 7. The van der Waals surface area contributed by atoms with Crippen LogP contribution in [0.4, 0.5) is 0 Å². The monoisotopic (exact) mass is 350 g/mol. The number of fused-ring (bicyclic) bond motifs is 1. The minimum absolute atomic E-state index is 0.00540. The number of aliphatic carboxylic acids is 1. The molecule has 0 radical (unpaired) electrons. The van der Waals surface area contributed by atoms with Gasteiger partial charge in [0, 0.05) is 30.8 Å². The molecule has 0 aromatic carbocycles. The van der Waals surface area contributed by atoms with Gasteiger partial charge in [-0.05, 0) is 36.8 Å². The number of hydrogen-bond donors (Lipinski definition) is 2. The van der Waals surface area contributed by atoms with Crippen molar-refractivity contribution in [2.45, 2.75) is 45.2 Å². The van der Waals surface area contributed by atoms with Crippen LogP contribution in [0.5, 0.6) is 0 Å². The number of carboxylic acid groups (broad SMARTS) is 1. The van der Waals surface area contributed by atoms with E-state index in [0.717, 1.165) is 6.42 Å². The maximum atomic E-state index is 12.2. The molecule has 2 rings (SSSR count). The van der Waals surface area contributed by atoms with Gasteiger partial charge in [0.05, 0.1) is 0 Å². The summed E-state index contributed by atoms with van der Waals surface area (Å²) in [7, 11) is 0. The fourth-order valence-electron chi connectivity index (χ4n) is 2.60. The Bertz CT molecular complexity index is 638. The van der Waals surface area contributed by atoms with Gasteiger partial charge in [-0.25, -0.2) is 4.79 Å². The Balaban J connectivity index is 1.79. The van der Waals surface area contributed by atoms with Gasteiger partial charge in [-0.3, -0.25) is 9.59 Å². The molecule has 130 valence electrons. The third-order valence-electron chi connectivity index (χ3n) is 3.97. The molecular weight excluding hydrogens is 328 g/mol. The van der Waals surface area contributed by atoms with E-state index < -0.39 is 17.9 Å². The molecule has 1 aromatic rings. The molecule has 2 heterocycles. The zero-order chi connectivity index (χ0) is 17.5. The fraction of sp³-hybridized carbons (Fsp3) is 0.471. The summed E-state index contributed by atoms with van der Waals surface area (Å²) >= 11 is 1.71. The standard InChI is InChI=1S/C17H22N2O4S/c1-2-3-4-13(17(22)23)18-15(20)5-6-16(21)19-9-7-14-12(11-19)8-10-24-14/h2-3,8,10,13H,4-7,9,11H2,1H3,(H,18,20)(H,22,23)/b3-2+. The highest BCUT2D eigenvalue weighted by atomic mass is 32.1. The lowest BCUT2D eigenvalue weighted by atomic mass is 10.1. The summed E-state index contributed by atoms with van der Waals surface area (Å²) in [5.74, 6) is -1.55. The molecule has 0 saturated carbocycles. The first-order chi connectivity index (χ1) is 11.5. The Morgan fingerprint density at radius 3 is 2.92 bits per heavy atom. The molecule has 6 nitrogen and oxygen atoms in total. The first kappa shape index (κ1) is 18.2. The minimum atomic E-state index is -1.08. The van der Waals surface area contributed by atoms with Gasteiger partial charge in [-0.2, -0.15) is 0 Å². The molecule has 0 bridgehead atoms. The van der Waals surface area contributed by atoms with E-state index in [0.29, 0.717) is 13.1 Å². The van der Waals surface area contributed by atoms with Gasteiger partial charge in [-0.1, -0.05) is 12.2 Å². The number of nitrogens with one attached hydrogen (secondary N) is 1. The summed E-state index contributed by atoms with van der Waals surface area (Å²) in [5, 5.41) is 13.6. The van der Waals surface area contributed by atoms with E-state index in [9.17, 15) is 14.4 Å². The molecule has 0 spiro atoms. The number of allylic oxidation sites excluding steroid dienone is 1. The van der Waals surface area contributed by atoms with Crippen LogP contribution in [0.1, 0.15) is 36.6 Å². The smallest absolute Gasteiger partial charge is 0.326 e. The van der Waals surface area contributed by atoms with Crippen LogP contribution < -0.4 is 5.32 Å². The lowest BCUT2D eigenvalue weighted by molar-refractivity contribution is -0.141. The lowest BCUT2D eigenvalue weighted by Crippen LogP contribution is -2.41. The van der Waals surface area contributed by atoms with E-state index in [-0.39, 0.29) is 25.2 Å². The zero-order valence-electron chi connectivity index (χ0n) is 13.7. The van der Waals surface area contributed by atoms with Crippen LogP contribution in [0.3, 0.4) is 0 Å². The molecule has 0 saturated heterocycles. The number of carbonyl (C=O) groups is 3. The maximum absolute atomic E-state index is 12.2. The number of hydrogen-bond acceptors (Lipinski definition) is 4. The van der Waals surface area contributed by atoms with Crippen molar-refractivity contribution in [3.63, 3.8) is 0 Å². The van der Waals surface area contributed by atoms with Gasteiger partial charge < -0.3 is 15.3 Å². The van der Waals surface area contributed by atoms with E-state index in [2.05, 4.69) is 5.32 Å². The summed E-state index contributed by atoms with van der Waals surface area (Å²) in [4.78, 5) is 38.3. The van der Waals surface area contributed by atoms with Crippen molar-refractivity contribution in [3.8, 4) is 0 Å². The molecule has 24 heavy (non-hydrogen) atoms. The van der Waals surface area contributed by atoms with Crippen LogP contribution in [0, 0.1) is 0 Å². The molecule has 2 N–H and O–H groups in total. The van der Waals surface area contributed by atoms with Crippen molar-refractivity contribution in [2.75, 3.05) is 6.54 Å². The van der Waals surface area contributed by atoms with E-state index in [4.69, 9.17) is 5.11 Å². The van der Waals surface area contributed by atoms with Gasteiger partial charge >= 0.3 is 5.97 Å². The van der Waals surface area contributed by atoms with Crippen LogP contribution in [-0.4, -0.2) is 40.4 Å². The highest BCUT2D eigenvalue weighted by Crippen LogP contribution is 2.24. The molecule has 0 fully saturated rings. The zero-order valence-corrected chi connectivity index (χ0v) is 14.5. The van der Waals surface area contributed by atoms with Crippen molar-refractivity contribution in [3.05, 3.63) is 34.0 Å². The molecule has 1 aliphatic rings. The predicted octanol–water partition coefficient (Wildman–Crippen LogP) is 1.95. The number of amides is 2. The highest BCUT2D eigenvalue weighted by molar-refractivity contribution is 7.10. The molecule has 1 aliphatic heterocycles. The van der Waals surface area contributed by atoms with Crippen molar-refractivity contribution in [2.24, 2.45) is 0 Å². The molecule has 1 unspecified atom stereocenters. The van der Waals surface area contributed by atoms with Crippen LogP contribution in [0.25, 0.3) is 0 Å². The van der Waals surface area contributed by atoms with Crippen molar-refractivity contribution in [1.29, 1.82) is 0 Å². The second-order valence-corrected chi connectivity index (χ2v) is 6.70. The second kappa shape index (κ2) is 8.63. The van der Waals surface area contributed by atoms with Crippen LogP contribution in [-0.2, 0) is 27.3 Å². The maximum Gasteiger partial charge on any atom is 0.326 e. The predicted molar refractivity (Wildman–Crippen MR) is 91.7 cm³/mol. The Labute approximate surface area is 145 Å². The fourth-order valence-corrected chi connectivity index (χ4v) is 3.49. The average Bonchev–Trinajstić information content (AvgIpc) is 3.03. The SMILES string of the molecule is C/C=C/CC(NC(=O)CCC(=O)N1CCc2sccc2C1)C(=O)O. The van der Waals surface area contributed by atoms with Gasteiger partial charge in [0.2, 0.25) is 11.8 Å². The third kappa shape index (κ3) is 4.92. The summed E-state index contributed by atoms with van der Waals surface area (Å²) in [5.41, 5.74) is 1.18. The second-order valence-electron chi connectivity index (χ2n) is 5.70. The van der Waals surface area contributed by atoms with Crippen molar-refractivity contribution >= 4 is 29.1 Å². The van der Waals surface area contributed by atoms with Gasteiger partial charge in [-0.15, -0.1) is 11.3 Å². The van der Waals surface area contributed by atoms with Crippen molar-refractivity contribution < 1.29 is 19.5 Å². The summed E-state index contributed by atoms with van der Waals surface area (Å²) in [6.45, 7) is 3.06. The van der Waals surface area contributed by atoms with Crippen LogP contribution >= 0.6 is 11.3 Å².